The molecule has 8 heteroatoms. The highest BCUT2D eigenvalue weighted by atomic mass is 32.2. The molecule has 3 aromatic heterocycles. The molecule has 0 aliphatic rings. The zero-order valence-corrected chi connectivity index (χ0v) is 18.9. The van der Waals surface area contributed by atoms with Gasteiger partial charge in [-0.25, -0.2) is 4.79 Å². The fourth-order valence-electron chi connectivity index (χ4n) is 4.00. The molecule has 162 valence electrons. The molecule has 32 heavy (non-hydrogen) atoms. The quantitative estimate of drug-likeness (QED) is 0.293. The summed E-state index contributed by atoms with van der Waals surface area (Å²) in [6.07, 6.45) is 0.813. The van der Waals surface area contributed by atoms with E-state index >= 15 is 0 Å². The highest BCUT2D eigenvalue weighted by molar-refractivity contribution is 7.98. The summed E-state index contributed by atoms with van der Waals surface area (Å²) in [5, 5.41) is 11.0. The van der Waals surface area contributed by atoms with Crippen LogP contribution in [0, 0.1) is 13.8 Å². The van der Waals surface area contributed by atoms with Crippen LogP contribution in [-0.2, 0) is 12.3 Å². The van der Waals surface area contributed by atoms with Crippen molar-refractivity contribution in [2.24, 2.45) is 0 Å². The summed E-state index contributed by atoms with van der Waals surface area (Å²) < 4.78 is 9.03. The van der Waals surface area contributed by atoms with Crippen molar-refractivity contribution in [1.29, 1.82) is 0 Å². The van der Waals surface area contributed by atoms with Gasteiger partial charge in [-0.15, -0.1) is 10.2 Å². The third kappa shape index (κ3) is 3.31. The lowest BCUT2D eigenvalue weighted by molar-refractivity contribution is 0.559. The Morgan fingerprint density at radius 1 is 1.00 bits per heavy atom. The van der Waals surface area contributed by atoms with Gasteiger partial charge in [0.1, 0.15) is 5.58 Å². The van der Waals surface area contributed by atoms with Gasteiger partial charge in [0, 0.05) is 23.8 Å². The zero-order chi connectivity index (χ0) is 22.4. The minimum absolute atomic E-state index is 0.0589. The summed E-state index contributed by atoms with van der Waals surface area (Å²) in [5.41, 5.74) is 4.03. The monoisotopic (exact) mass is 446 g/mol. The maximum atomic E-state index is 13.0. The van der Waals surface area contributed by atoms with Gasteiger partial charge < -0.3 is 4.42 Å². The van der Waals surface area contributed by atoms with Gasteiger partial charge in [0.2, 0.25) is 5.78 Å². The predicted octanol–water partition coefficient (Wildman–Crippen LogP) is 4.47. The van der Waals surface area contributed by atoms with Crippen LogP contribution < -0.4 is 11.2 Å². The van der Waals surface area contributed by atoms with E-state index in [0.29, 0.717) is 34.2 Å². The smallest absolute Gasteiger partial charge is 0.336 e. The molecule has 0 saturated heterocycles. The number of aryl methyl sites for hydroxylation is 3. The van der Waals surface area contributed by atoms with Gasteiger partial charge in [-0.3, -0.25) is 13.8 Å². The number of rotatable bonds is 5. The Kier molecular flexibility index (Phi) is 5.09. The van der Waals surface area contributed by atoms with E-state index in [9.17, 15) is 9.59 Å². The molecule has 0 spiro atoms. The topological polar surface area (TPSA) is 82.4 Å². The molecular weight excluding hydrogens is 424 g/mol. The average molecular weight is 447 g/mol. The first-order valence-electron chi connectivity index (χ1n) is 10.5. The van der Waals surface area contributed by atoms with Gasteiger partial charge in [-0.2, -0.15) is 0 Å². The van der Waals surface area contributed by atoms with Crippen molar-refractivity contribution in [3.63, 3.8) is 0 Å². The molecule has 2 aromatic carbocycles. The van der Waals surface area contributed by atoms with Crippen LogP contribution in [0.1, 0.15) is 30.0 Å². The van der Waals surface area contributed by atoms with Crippen LogP contribution >= 0.6 is 11.8 Å². The summed E-state index contributed by atoms with van der Waals surface area (Å²) in [6, 6.07) is 13.0. The summed E-state index contributed by atoms with van der Waals surface area (Å²) in [5.74, 6) is 1.05. The van der Waals surface area contributed by atoms with Gasteiger partial charge in [-0.1, -0.05) is 30.8 Å². The van der Waals surface area contributed by atoms with E-state index in [1.165, 1.54) is 11.8 Å². The van der Waals surface area contributed by atoms with Crippen molar-refractivity contribution in [1.82, 2.24) is 19.2 Å². The molecule has 0 aliphatic carbocycles. The van der Waals surface area contributed by atoms with E-state index in [-0.39, 0.29) is 11.2 Å². The van der Waals surface area contributed by atoms with Gasteiger partial charge in [0.05, 0.1) is 10.9 Å². The summed E-state index contributed by atoms with van der Waals surface area (Å²) in [4.78, 5) is 25.2. The molecule has 0 atom stereocenters. The summed E-state index contributed by atoms with van der Waals surface area (Å²) >= 11 is 1.48. The van der Waals surface area contributed by atoms with E-state index in [1.54, 1.807) is 10.6 Å². The predicted molar refractivity (Wildman–Crippen MR) is 127 cm³/mol. The maximum absolute atomic E-state index is 13.0. The Morgan fingerprint density at radius 2 is 1.78 bits per heavy atom. The second kappa shape index (κ2) is 7.94. The molecule has 0 radical (unpaired) electrons. The highest BCUT2D eigenvalue weighted by Gasteiger charge is 2.17. The van der Waals surface area contributed by atoms with Crippen molar-refractivity contribution < 1.29 is 4.42 Å². The number of fused-ring (bicyclic) bond motifs is 4. The van der Waals surface area contributed by atoms with E-state index in [4.69, 9.17) is 4.42 Å². The Bertz CT molecular complexity index is 1610. The van der Waals surface area contributed by atoms with Gasteiger partial charge in [0.15, 0.2) is 5.16 Å². The van der Waals surface area contributed by atoms with E-state index in [0.717, 1.165) is 34.0 Å². The minimum atomic E-state index is -0.371. The molecule has 7 nitrogen and oxygen atoms in total. The highest BCUT2D eigenvalue weighted by Crippen LogP contribution is 2.28. The van der Waals surface area contributed by atoms with Crippen molar-refractivity contribution in [3.8, 4) is 0 Å². The molecule has 5 aromatic rings. The number of para-hydroxylation sites is 1. The molecular formula is C24H22N4O3S. The Morgan fingerprint density at radius 3 is 2.59 bits per heavy atom. The number of hydrogen-bond acceptors (Lipinski definition) is 6. The third-order valence-electron chi connectivity index (χ3n) is 5.73. The molecule has 0 unspecified atom stereocenters. The first-order chi connectivity index (χ1) is 15.5. The number of nitrogens with zero attached hydrogens (tertiary/aromatic N) is 4. The maximum Gasteiger partial charge on any atom is 0.336 e. The standard InChI is InChI=1S/C24H22N4O3S/c1-4-9-27-22(30)17-7-5-6-8-19(17)28-23(27)25-26-24(28)32-13-16-12-21(29)31-20-11-15(3)14(2)10-18(16)20/h5-8,10-12H,4,9,13H2,1-3H3. The molecule has 3 heterocycles. The van der Waals surface area contributed by atoms with Crippen LogP contribution in [0.5, 0.6) is 0 Å². The SMILES string of the molecule is CCCn1c(=O)c2ccccc2n2c(SCc3cc(=O)oc4cc(C)c(C)cc34)nnc12. The number of thioether (sulfide) groups is 1. The lowest BCUT2D eigenvalue weighted by Crippen LogP contribution is -2.23. The minimum Gasteiger partial charge on any atom is -0.423 e. The van der Waals surface area contributed by atoms with Crippen molar-refractivity contribution >= 4 is 39.4 Å². The largest absolute Gasteiger partial charge is 0.423 e. The molecule has 0 saturated carbocycles. The molecule has 0 N–H and O–H groups in total. The lowest BCUT2D eigenvalue weighted by atomic mass is 10.0. The Hall–Kier alpha value is -3.39. The third-order valence-corrected chi connectivity index (χ3v) is 6.70. The molecule has 5 rings (SSSR count). The van der Waals surface area contributed by atoms with Crippen LogP contribution in [0.15, 0.2) is 61.6 Å². The number of benzene rings is 2. The lowest BCUT2D eigenvalue weighted by Gasteiger charge is -2.11. The fraction of sp³-hybridized carbons (Fsp3) is 0.250. The molecule has 0 bridgehead atoms. The van der Waals surface area contributed by atoms with Crippen molar-refractivity contribution in [3.05, 3.63) is 79.9 Å². The van der Waals surface area contributed by atoms with E-state index in [2.05, 4.69) is 16.3 Å². The van der Waals surface area contributed by atoms with Crippen LogP contribution in [0.2, 0.25) is 0 Å². The second-order valence-corrected chi connectivity index (χ2v) is 8.85. The Labute approximate surface area is 187 Å². The van der Waals surface area contributed by atoms with Gasteiger partial charge in [-0.05, 0) is 61.2 Å². The van der Waals surface area contributed by atoms with Gasteiger partial charge in [0.25, 0.3) is 5.56 Å². The summed E-state index contributed by atoms with van der Waals surface area (Å²) in [6.45, 7) is 6.64. The first kappa shape index (κ1) is 20.5. The molecule has 0 amide bonds. The second-order valence-electron chi connectivity index (χ2n) is 7.90. The zero-order valence-electron chi connectivity index (χ0n) is 18.1. The average Bonchev–Trinajstić information content (AvgIpc) is 3.20. The van der Waals surface area contributed by atoms with Crippen molar-refractivity contribution in [2.45, 2.75) is 44.6 Å². The van der Waals surface area contributed by atoms with Gasteiger partial charge >= 0.3 is 5.63 Å². The number of hydrogen-bond donors (Lipinski definition) is 0. The number of aromatic nitrogens is 4. The van der Waals surface area contributed by atoms with Crippen LogP contribution in [0.3, 0.4) is 0 Å². The molecule has 0 fully saturated rings. The summed E-state index contributed by atoms with van der Waals surface area (Å²) in [7, 11) is 0. The van der Waals surface area contributed by atoms with E-state index < -0.39 is 0 Å². The first-order valence-corrected chi connectivity index (χ1v) is 11.5. The van der Waals surface area contributed by atoms with E-state index in [1.807, 2.05) is 55.5 Å². The van der Waals surface area contributed by atoms with Crippen molar-refractivity contribution in [2.75, 3.05) is 0 Å². The normalized spacial score (nSPS) is 11.7. The Balaban J connectivity index is 1.64. The van der Waals surface area contributed by atoms with Crippen LogP contribution in [-0.4, -0.2) is 19.2 Å². The molecule has 0 aliphatic heterocycles. The fourth-order valence-corrected chi connectivity index (χ4v) is 4.93. The van der Waals surface area contributed by atoms with Crippen LogP contribution in [0.25, 0.3) is 27.6 Å². The van der Waals surface area contributed by atoms with Crippen LogP contribution in [0.4, 0.5) is 0 Å².